The van der Waals surface area contributed by atoms with Crippen LogP contribution in [0.4, 0.5) is 0 Å². The number of ether oxygens (including phenoxy) is 1. The van der Waals surface area contributed by atoms with Crippen molar-refractivity contribution in [3.8, 4) is 0 Å². The second-order valence-corrected chi connectivity index (χ2v) is 6.01. The molecule has 2 aliphatic heterocycles. The van der Waals surface area contributed by atoms with Crippen molar-refractivity contribution in [2.45, 2.75) is 70.3 Å². The van der Waals surface area contributed by atoms with Crippen LogP contribution < -0.4 is 0 Å². The summed E-state index contributed by atoms with van der Waals surface area (Å²) in [5.41, 5.74) is 0. The monoisotopic (exact) mass is 293 g/mol. The molecule has 0 aromatic carbocycles. The number of hydrogen-bond acceptors (Lipinski definition) is 3. The van der Waals surface area contributed by atoms with Crippen molar-refractivity contribution in [2.75, 3.05) is 13.2 Å². The van der Waals surface area contributed by atoms with Crippen molar-refractivity contribution in [1.82, 2.24) is 4.90 Å². The zero-order valence-electron chi connectivity index (χ0n) is 12.9. The van der Waals surface area contributed by atoms with E-state index in [4.69, 9.17) is 4.74 Å². The lowest BCUT2D eigenvalue weighted by molar-refractivity contribution is -0.152. The molecule has 0 spiro atoms. The van der Waals surface area contributed by atoms with Crippen molar-refractivity contribution in [2.24, 2.45) is 0 Å². The van der Waals surface area contributed by atoms with Crippen LogP contribution in [0.15, 0.2) is 12.2 Å². The highest BCUT2D eigenvalue weighted by Crippen LogP contribution is 2.21. The molecule has 0 bridgehead atoms. The van der Waals surface area contributed by atoms with Gasteiger partial charge in [0.25, 0.3) is 0 Å². The van der Waals surface area contributed by atoms with Gasteiger partial charge in [-0.3, -0.25) is 4.79 Å². The first kappa shape index (κ1) is 16.1. The molecule has 1 amide bonds. The zero-order chi connectivity index (χ0) is 14.9. The lowest BCUT2D eigenvalue weighted by atomic mass is 10.1. The number of amides is 1. The number of carbonyl (C=O) groups is 2. The van der Waals surface area contributed by atoms with E-state index in [1.807, 2.05) is 6.08 Å². The van der Waals surface area contributed by atoms with Crippen LogP contribution in [0.1, 0.15) is 64.2 Å². The van der Waals surface area contributed by atoms with Crippen molar-refractivity contribution in [1.29, 1.82) is 0 Å². The fourth-order valence-corrected chi connectivity index (χ4v) is 3.11. The van der Waals surface area contributed by atoms with E-state index in [1.165, 1.54) is 25.7 Å². The van der Waals surface area contributed by atoms with Gasteiger partial charge in [0.15, 0.2) is 0 Å². The van der Waals surface area contributed by atoms with Crippen molar-refractivity contribution >= 4 is 11.9 Å². The number of cyclic esters (lactones) is 1. The SMILES string of the molecule is O=C1OCC=CCCCCCCCCC(=O)N2CCC[C@@H]12. The highest BCUT2D eigenvalue weighted by atomic mass is 16.5. The molecule has 0 unspecified atom stereocenters. The highest BCUT2D eigenvalue weighted by Gasteiger charge is 2.34. The predicted molar refractivity (Wildman–Crippen MR) is 81.8 cm³/mol. The largest absolute Gasteiger partial charge is 0.460 e. The third kappa shape index (κ3) is 5.18. The number of carbonyl (C=O) groups excluding carboxylic acids is 2. The molecule has 2 heterocycles. The number of allylic oxidation sites excluding steroid dienone is 1. The molecule has 0 aliphatic carbocycles. The highest BCUT2D eigenvalue weighted by molar-refractivity contribution is 5.85. The maximum Gasteiger partial charge on any atom is 0.329 e. The molecule has 0 N–H and O–H groups in total. The normalized spacial score (nSPS) is 26.5. The van der Waals surface area contributed by atoms with Gasteiger partial charge < -0.3 is 9.64 Å². The number of fused-ring (bicyclic) bond motifs is 1. The molecule has 1 atom stereocenters. The molecule has 2 rings (SSSR count). The van der Waals surface area contributed by atoms with Gasteiger partial charge in [-0.05, 0) is 32.1 Å². The van der Waals surface area contributed by atoms with Gasteiger partial charge in [0, 0.05) is 13.0 Å². The Hall–Kier alpha value is -1.32. The Morgan fingerprint density at radius 2 is 1.71 bits per heavy atom. The van der Waals surface area contributed by atoms with E-state index in [0.29, 0.717) is 19.6 Å². The minimum atomic E-state index is -0.348. The van der Waals surface area contributed by atoms with Gasteiger partial charge in [-0.25, -0.2) is 4.79 Å². The summed E-state index contributed by atoms with van der Waals surface area (Å²) in [4.78, 5) is 26.1. The lowest BCUT2D eigenvalue weighted by Gasteiger charge is -2.23. The van der Waals surface area contributed by atoms with E-state index in [0.717, 1.165) is 32.1 Å². The molecule has 1 fully saturated rings. The summed E-state index contributed by atoms with van der Waals surface area (Å²) in [5.74, 6) is -0.116. The topological polar surface area (TPSA) is 46.6 Å². The van der Waals surface area contributed by atoms with Gasteiger partial charge in [0.1, 0.15) is 12.6 Å². The van der Waals surface area contributed by atoms with E-state index in [-0.39, 0.29) is 17.9 Å². The molecule has 2 aliphatic rings. The van der Waals surface area contributed by atoms with E-state index >= 15 is 0 Å². The molecule has 0 radical (unpaired) electrons. The van der Waals surface area contributed by atoms with Crippen molar-refractivity contribution < 1.29 is 14.3 Å². The van der Waals surface area contributed by atoms with Crippen molar-refractivity contribution in [3.05, 3.63) is 12.2 Å². The van der Waals surface area contributed by atoms with Crippen LogP contribution in [0.3, 0.4) is 0 Å². The number of esters is 1. The van der Waals surface area contributed by atoms with Crippen LogP contribution >= 0.6 is 0 Å². The molecule has 0 saturated carbocycles. The predicted octanol–water partition coefficient (Wildman–Crippen LogP) is 3.21. The molecule has 4 heteroatoms. The molecule has 118 valence electrons. The second kappa shape index (κ2) is 8.85. The van der Waals surface area contributed by atoms with Gasteiger partial charge in [-0.15, -0.1) is 0 Å². The van der Waals surface area contributed by atoms with E-state index in [2.05, 4.69) is 6.08 Å². The Balaban J connectivity index is 1.92. The van der Waals surface area contributed by atoms with Crippen LogP contribution in [0.2, 0.25) is 0 Å². The lowest BCUT2D eigenvalue weighted by Crippen LogP contribution is -2.41. The van der Waals surface area contributed by atoms with Crippen LogP contribution in [0.5, 0.6) is 0 Å². The Morgan fingerprint density at radius 1 is 0.952 bits per heavy atom. The van der Waals surface area contributed by atoms with Crippen molar-refractivity contribution in [3.63, 3.8) is 0 Å². The second-order valence-electron chi connectivity index (χ2n) is 6.01. The first-order valence-electron chi connectivity index (χ1n) is 8.40. The summed E-state index contributed by atoms with van der Waals surface area (Å²) in [6, 6.07) is -0.348. The minimum Gasteiger partial charge on any atom is -0.460 e. The minimum absolute atomic E-state index is 0.122. The van der Waals surface area contributed by atoms with Crippen LogP contribution in [0.25, 0.3) is 0 Å². The molecule has 21 heavy (non-hydrogen) atoms. The van der Waals surface area contributed by atoms with Crippen LogP contribution in [-0.4, -0.2) is 36.0 Å². The maximum atomic E-state index is 12.2. The van der Waals surface area contributed by atoms with E-state index in [9.17, 15) is 9.59 Å². The standard InChI is InChI=1S/C17H27NO3/c19-16-12-8-6-4-2-1-3-5-7-9-14-21-17(20)15-11-10-13-18(15)16/h7,9,15H,1-6,8,10-14H2/t15-/m0/s1. The molecule has 0 aromatic heterocycles. The number of nitrogens with zero attached hydrogens (tertiary/aromatic N) is 1. The third-order valence-electron chi connectivity index (χ3n) is 4.35. The average Bonchev–Trinajstić information content (AvgIpc) is 2.96. The first-order chi connectivity index (χ1) is 10.3. The average molecular weight is 293 g/mol. The third-order valence-corrected chi connectivity index (χ3v) is 4.35. The quantitative estimate of drug-likeness (QED) is 0.509. The molecule has 1 saturated heterocycles. The zero-order valence-corrected chi connectivity index (χ0v) is 12.9. The van der Waals surface area contributed by atoms with Gasteiger partial charge >= 0.3 is 5.97 Å². The Labute approximate surface area is 127 Å². The van der Waals surface area contributed by atoms with E-state index < -0.39 is 0 Å². The molecule has 0 aromatic rings. The van der Waals surface area contributed by atoms with Gasteiger partial charge in [0.05, 0.1) is 0 Å². The van der Waals surface area contributed by atoms with Gasteiger partial charge in [-0.2, -0.15) is 0 Å². The summed E-state index contributed by atoms with van der Waals surface area (Å²) in [5, 5.41) is 0. The fraction of sp³-hybridized carbons (Fsp3) is 0.765. The number of rotatable bonds is 0. The van der Waals surface area contributed by atoms with E-state index in [1.54, 1.807) is 4.90 Å². The Kier molecular flexibility index (Phi) is 6.77. The number of hydrogen-bond donors (Lipinski definition) is 0. The summed E-state index contributed by atoms with van der Waals surface area (Å²) in [6.07, 6.45) is 14.3. The Bertz CT molecular complexity index is 378. The smallest absolute Gasteiger partial charge is 0.329 e. The van der Waals surface area contributed by atoms with Crippen LogP contribution in [0, 0.1) is 0 Å². The Morgan fingerprint density at radius 3 is 2.57 bits per heavy atom. The maximum absolute atomic E-state index is 12.2. The first-order valence-corrected chi connectivity index (χ1v) is 8.40. The summed E-state index contributed by atoms with van der Waals surface area (Å²) in [7, 11) is 0. The summed E-state index contributed by atoms with van der Waals surface area (Å²) < 4.78 is 5.29. The fourth-order valence-electron chi connectivity index (χ4n) is 3.11. The summed E-state index contributed by atoms with van der Waals surface area (Å²) >= 11 is 0. The molecular weight excluding hydrogens is 266 g/mol. The van der Waals surface area contributed by atoms with Crippen LogP contribution in [-0.2, 0) is 14.3 Å². The van der Waals surface area contributed by atoms with Gasteiger partial charge in [0.2, 0.25) is 5.91 Å². The molecule has 4 nitrogen and oxygen atoms in total. The molecular formula is C17H27NO3. The van der Waals surface area contributed by atoms with Gasteiger partial charge in [-0.1, -0.05) is 37.8 Å². The summed E-state index contributed by atoms with van der Waals surface area (Å²) in [6.45, 7) is 1.03.